The third-order valence-electron chi connectivity index (χ3n) is 1.94. The Balaban J connectivity index is 3.06. The molecule has 1 aromatic heterocycles. The first-order valence-corrected chi connectivity index (χ1v) is 4.63. The second-order valence-corrected chi connectivity index (χ2v) is 3.75. The van der Waals surface area contributed by atoms with Gasteiger partial charge in [0.05, 0.1) is 5.52 Å². The molecule has 0 saturated heterocycles. The summed E-state index contributed by atoms with van der Waals surface area (Å²) >= 11 is 3.28. The van der Waals surface area contributed by atoms with E-state index in [-0.39, 0.29) is 5.49 Å². The number of H-pyrrole nitrogens is 1. The van der Waals surface area contributed by atoms with Crippen molar-refractivity contribution < 1.29 is 0 Å². The Hall–Kier alpha value is -1.56. The van der Waals surface area contributed by atoms with E-state index in [0.717, 1.165) is 9.15 Å². The van der Waals surface area contributed by atoms with Gasteiger partial charge in [-0.3, -0.25) is 5.41 Å². The molecule has 0 atom stereocenters. The van der Waals surface area contributed by atoms with E-state index in [2.05, 4.69) is 20.9 Å². The number of nitrogens with two attached hydrogens (primary N) is 1. The zero-order valence-electron chi connectivity index (χ0n) is 7.04. The van der Waals surface area contributed by atoms with Gasteiger partial charge in [-0.2, -0.15) is 4.68 Å². The summed E-state index contributed by atoms with van der Waals surface area (Å²) < 4.78 is 1.62. The number of halogens is 1. The maximum atomic E-state index is 11.2. The first kappa shape index (κ1) is 9.01. The van der Waals surface area contributed by atoms with Crippen LogP contribution >= 0.6 is 15.9 Å². The minimum absolute atomic E-state index is 0.00347. The van der Waals surface area contributed by atoms with Crippen molar-refractivity contribution in [3.63, 3.8) is 0 Å². The number of nitrogens with zero attached hydrogens (tertiary/aromatic N) is 1. The van der Waals surface area contributed by atoms with Crippen molar-refractivity contribution in [2.45, 2.75) is 0 Å². The fourth-order valence-corrected chi connectivity index (χ4v) is 1.59. The van der Waals surface area contributed by atoms with Crippen molar-refractivity contribution >= 4 is 26.8 Å². The third-order valence-corrected chi connectivity index (χ3v) is 2.43. The average molecular weight is 255 g/mol. The Morgan fingerprint density at radius 2 is 2.21 bits per heavy atom. The quantitative estimate of drug-likeness (QED) is 0.590. The monoisotopic (exact) mass is 254 g/mol. The topological polar surface area (TPSA) is 87.7 Å². The van der Waals surface area contributed by atoms with Gasteiger partial charge in [-0.25, -0.2) is 4.79 Å². The van der Waals surface area contributed by atoms with Crippen molar-refractivity contribution in [2.24, 2.45) is 0 Å². The number of nitrogen functional groups attached to an aromatic ring is 1. The Morgan fingerprint density at radius 3 is 2.93 bits per heavy atom. The van der Waals surface area contributed by atoms with E-state index in [9.17, 15) is 4.79 Å². The molecular weight excluding hydrogens is 248 g/mol. The van der Waals surface area contributed by atoms with Crippen LogP contribution < -0.4 is 17.0 Å². The van der Waals surface area contributed by atoms with Gasteiger partial charge in [0, 0.05) is 9.86 Å². The largest absolute Gasteiger partial charge is 0.346 e. The maximum absolute atomic E-state index is 11.2. The molecule has 0 saturated carbocycles. The van der Waals surface area contributed by atoms with Crippen LogP contribution in [0.1, 0.15) is 0 Å². The highest BCUT2D eigenvalue weighted by molar-refractivity contribution is 9.10. The van der Waals surface area contributed by atoms with Crippen molar-refractivity contribution in [3.8, 4) is 0 Å². The molecule has 72 valence electrons. The summed E-state index contributed by atoms with van der Waals surface area (Å²) in [7, 11) is 0. The lowest BCUT2D eigenvalue weighted by atomic mass is 10.2. The Kier molecular flexibility index (Phi) is 1.92. The minimum Gasteiger partial charge on any atom is -0.333 e. The van der Waals surface area contributed by atoms with Gasteiger partial charge in [0.1, 0.15) is 0 Å². The van der Waals surface area contributed by atoms with E-state index < -0.39 is 5.69 Å². The van der Waals surface area contributed by atoms with Crippen LogP contribution in [0, 0.1) is 5.41 Å². The van der Waals surface area contributed by atoms with Crippen LogP contribution in [0.5, 0.6) is 0 Å². The SMILES string of the molecule is N=c1c2ccc(Br)cc2[nH]c(=O)n1N. The summed E-state index contributed by atoms with van der Waals surface area (Å²) in [6.45, 7) is 0. The lowest BCUT2D eigenvalue weighted by Gasteiger charge is -2.02. The smallest absolute Gasteiger partial charge is 0.333 e. The molecule has 0 aliphatic rings. The molecular formula is C8H7BrN4O. The average Bonchev–Trinajstić information content (AvgIpc) is 2.14. The van der Waals surface area contributed by atoms with Crippen molar-refractivity contribution in [1.29, 1.82) is 5.41 Å². The van der Waals surface area contributed by atoms with E-state index in [1.54, 1.807) is 18.2 Å². The molecule has 0 bridgehead atoms. The summed E-state index contributed by atoms with van der Waals surface area (Å²) in [5.74, 6) is 5.36. The molecule has 0 fully saturated rings. The van der Waals surface area contributed by atoms with Crippen LogP contribution in [-0.2, 0) is 0 Å². The van der Waals surface area contributed by atoms with Crippen LogP contribution in [0.2, 0.25) is 0 Å². The van der Waals surface area contributed by atoms with Crippen molar-refractivity contribution in [1.82, 2.24) is 9.66 Å². The molecule has 0 aliphatic heterocycles. The second-order valence-electron chi connectivity index (χ2n) is 2.84. The molecule has 1 heterocycles. The van der Waals surface area contributed by atoms with Gasteiger partial charge in [-0.15, -0.1) is 0 Å². The summed E-state index contributed by atoms with van der Waals surface area (Å²) in [6.07, 6.45) is 0. The van der Waals surface area contributed by atoms with Crippen molar-refractivity contribution in [2.75, 3.05) is 5.84 Å². The number of hydrogen-bond acceptors (Lipinski definition) is 3. The highest BCUT2D eigenvalue weighted by atomic mass is 79.9. The number of aromatic amines is 1. The van der Waals surface area contributed by atoms with E-state index >= 15 is 0 Å². The number of benzene rings is 1. The molecule has 0 aliphatic carbocycles. The molecule has 0 radical (unpaired) electrons. The molecule has 5 nitrogen and oxygen atoms in total. The Bertz CT molecular complexity index is 613. The van der Waals surface area contributed by atoms with Crippen molar-refractivity contribution in [3.05, 3.63) is 38.6 Å². The fraction of sp³-hybridized carbons (Fsp3) is 0. The summed E-state index contributed by atoms with van der Waals surface area (Å²) in [4.78, 5) is 13.8. The first-order chi connectivity index (χ1) is 6.59. The number of rotatable bonds is 0. The van der Waals surface area contributed by atoms with Gasteiger partial charge >= 0.3 is 5.69 Å². The molecule has 2 aromatic rings. The third kappa shape index (κ3) is 1.24. The number of nitrogens with one attached hydrogen (secondary N) is 2. The predicted molar refractivity (Wildman–Crippen MR) is 56.3 cm³/mol. The molecule has 1 aromatic carbocycles. The summed E-state index contributed by atoms with van der Waals surface area (Å²) in [5, 5.41) is 8.21. The molecule has 2 rings (SSSR count). The van der Waals surface area contributed by atoms with Crippen LogP contribution in [0.15, 0.2) is 27.5 Å². The highest BCUT2D eigenvalue weighted by Crippen LogP contribution is 2.13. The van der Waals surface area contributed by atoms with Gasteiger partial charge < -0.3 is 10.8 Å². The van der Waals surface area contributed by atoms with Crippen LogP contribution in [0.25, 0.3) is 10.9 Å². The minimum atomic E-state index is -0.499. The van der Waals surface area contributed by atoms with E-state index in [0.29, 0.717) is 10.9 Å². The molecule has 4 N–H and O–H groups in total. The van der Waals surface area contributed by atoms with Crippen LogP contribution in [0.4, 0.5) is 0 Å². The van der Waals surface area contributed by atoms with Gasteiger partial charge in [0.2, 0.25) is 0 Å². The van der Waals surface area contributed by atoms with E-state index in [1.807, 2.05) is 0 Å². The number of aromatic nitrogens is 2. The molecule has 6 heteroatoms. The van der Waals surface area contributed by atoms with Gasteiger partial charge in [-0.05, 0) is 18.2 Å². The van der Waals surface area contributed by atoms with Gasteiger partial charge in [0.25, 0.3) is 0 Å². The second kappa shape index (κ2) is 2.98. The first-order valence-electron chi connectivity index (χ1n) is 3.84. The summed E-state index contributed by atoms with van der Waals surface area (Å²) in [5.41, 5.74) is 0.0907. The number of fused-ring (bicyclic) bond motifs is 1. The van der Waals surface area contributed by atoms with Crippen LogP contribution in [-0.4, -0.2) is 9.66 Å². The zero-order chi connectivity index (χ0) is 10.3. The maximum Gasteiger partial charge on any atom is 0.346 e. The highest BCUT2D eigenvalue weighted by Gasteiger charge is 2.01. The number of hydrogen-bond donors (Lipinski definition) is 3. The molecule has 0 spiro atoms. The van der Waals surface area contributed by atoms with Gasteiger partial charge in [-0.1, -0.05) is 15.9 Å². The Labute approximate surface area is 86.8 Å². The molecule has 14 heavy (non-hydrogen) atoms. The van der Waals surface area contributed by atoms with E-state index in [1.165, 1.54) is 0 Å². The fourth-order valence-electron chi connectivity index (χ4n) is 1.23. The predicted octanol–water partition coefficient (Wildman–Crippen LogP) is 0.285. The lowest BCUT2D eigenvalue weighted by Crippen LogP contribution is -2.40. The normalized spacial score (nSPS) is 10.6. The van der Waals surface area contributed by atoms with E-state index in [4.69, 9.17) is 11.3 Å². The molecule has 0 unspecified atom stereocenters. The summed E-state index contributed by atoms with van der Waals surface area (Å²) in [6, 6.07) is 5.24. The standard InChI is InChI=1S/C8H7BrN4O/c9-4-1-2-5-6(3-4)12-8(14)13(11)7(5)10/h1-3,10H,11H2,(H,12,14). The lowest BCUT2D eigenvalue weighted by molar-refractivity contribution is 0.819. The van der Waals surface area contributed by atoms with Crippen LogP contribution in [0.3, 0.4) is 0 Å². The van der Waals surface area contributed by atoms with Gasteiger partial charge in [0.15, 0.2) is 5.49 Å². The molecule has 0 amide bonds. The Morgan fingerprint density at radius 1 is 1.50 bits per heavy atom. The zero-order valence-corrected chi connectivity index (χ0v) is 8.63.